The van der Waals surface area contributed by atoms with Crippen LogP contribution in [-0.4, -0.2) is 12.5 Å². The van der Waals surface area contributed by atoms with Gasteiger partial charge in [0.2, 0.25) is 0 Å². The van der Waals surface area contributed by atoms with Crippen LogP contribution in [0.5, 0.6) is 0 Å². The van der Waals surface area contributed by atoms with Gasteiger partial charge in [-0.05, 0) is 30.7 Å². The minimum atomic E-state index is 0.0116. The number of carbonyl (C=O) groups excluding carboxylic acids is 1. The topological polar surface area (TPSA) is 29.1 Å². The molecule has 1 N–H and O–H groups in total. The lowest BCUT2D eigenvalue weighted by Gasteiger charge is -2.09. The van der Waals surface area contributed by atoms with E-state index in [0.29, 0.717) is 0 Å². The Morgan fingerprint density at radius 2 is 1.75 bits per heavy atom. The molecule has 2 aromatic carbocycles. The fourth-order valence-electron chi connectivity index (χ4n) is 1.83. The Morgan fingerprint density at radius 3 is 2.50 bits per heavy atom. The van der Waals surface area contributed by atoms with Crippen LogP contribution in [-0.2, 0) is 0 Å². The molecular formula is C17H19NOS. The van der Waals surface area contributed by atoms with E-state index in [0.717, 1.165) is 34.7 Å². The van der Waals surface area contributed by atoms with Crippen LogP contribution >= 0.6 is 11.8 Å². The highest BCUT2D eigenvalue weighted by Crippen LogP contribution is 2.30. The molecule has 2 aromatic rings. The molecule has 3 heteroatoms. The third-order valence-corrected chi connectivity index (χ3v) is 4.00. The highest BCUT2D eigenvalue weighted by Gasteiger charge is 2.11. The van der Waals surface area contributed by atoms with E-state index in [9.17, 15) is 4.79 Å². The van der Waals surface area contributed by atoms with Crippen LogP contribution in [0, 0.1) is 0 Å². The first-order valence-electron chi connectivity index (χ1n) is 6.91. The van der Waals surface area contributed by atoms with Crippen molar-refractivity contribution < 1.29 is 4.79 Å². The maximum Gasteiger partial charge on any atom is 0.252 e. The molecule has 0 saturated heterocycles. The molecule has 0 fully saturated rings. The highest BCUT2D eigenvalue weighted by atomic mass is 32.2. The minimum Gasteiger partial charge on any atom is -0.352 e. The van der Waals surface area contributed by atoms with Crippen molar-refractivity contribution in [2.75, 3.05) is 6.54 Å². The normalized spacial score (nSPS) is 10.2. The van der Waals surface area contributed by atoms with Crippen molar-refractivity contribution in [3.63, 3.8) is 0 Å². The first-order chi connectivity index (χ1) is 9.81. The maximum absolute atomic E-state index is 12.2. The number of unbranched alkanes of at least 4 members (excludes halogenated alkanes) is 1. The summed E-state index contributed by atoms with van der Waals surface area (Å²) < 4.78 is 0. The lowest BCUT2D eigenvalue weighted by molar-refractivity contribution is 0.0950. The lowest BCUT2D eigenvalue weighted by atomic mass is 10.2. The van der Waals surface area contributed by atoms with Gasteiger partial charge >= 0.3 is 0 Å². The zero-order chi connectivity index (χ0) is 14.2. The van der Waals surface area contributed by atoms with Gasteiger partial charge in [-0.3, -0.25) is 4.79 Å². The summed E-state index contributed by atoms with van der Waals surface area (Å²) in [5.41, 5.74) is 0.748. The SMILES string of the molecule is CCCCNC(=O)c1ccccc1Sc1ccccc1. The number of hydrogen-bond donors (Lipinski definition) is 1. The van der Waals surface area contributed by atoms with Gasteiger partial charge in [-0.1, -0.05) is 55.4 Å². The van der Waals surface area contributed by atoms with E-state index in [1.54, 1.807) is 11.8 Å². The fourth-order valence-corrected chi connectivity index (χ4v) is 2.80. The quantitative estimate of drug-likeness (QED) is 0.799. The predicted molar refractivity (Wildman–Crippen MR) is 84.2 cm³/mol. The van der Waals surface area contributed by atoms with E-state index in [1.165, 1.54) is 0 Å². The Bertz CT molecular complexity index is 554. The predicted octanol–water partition coefficient (Wildman–Crippen LogP) is 4.37. The van der Waals surface area contributed by atoms with Crippen molar-refractivity contribution in [1.82, 2.24) is 5.32 Å². The van der Waals surface area contributed by atoms with E-state index >= 15 is 0 Å². The number of carbonyl (C=O) groups is 1. The van der Waals surface area contributed by atoms with Gasteiger partial charge in [0, 0.05) is 16.3 Å². The van der Waals surface area contributed by atoms with Crippen molar-refractivity contribution in [2.45, 2.75) is 29.6 Å². The van der Waals surface area contributed by atoms with Crippen molar-refractivity contribution >= 4 is 17.7 Å². The monoisotopic (exact) mass is 285 g/mol. The summed E-state index contributed by atoms with van der Waals surface area (Å²) in [5, 5.41) is 2.97. The zero-order valence-corrected chi connectivity index (χ0v) is 12.5. The molecule has 2 nitrogen and oxygen atoms in total. The molecule has 104 valence electrons. The Kier molecular flexibility index (Phi) is 5.69. The van der Waals surface area contributed by atoms with Crippen molar-refractivity contribution in [3.8, 4) is 0 Å². The molecule has 0 bridgehead atoms. The second kappa shape index (κ2) is 7.75. The molecule has 0 aliphatic carbocycles. The average molecular weight is 285 g/mol. The molecule has 2 rings (SSSR count). The molecule has 0 saturated carbocycles. The Hall–Kier alpha value is -1.74. The van der Waals surface area contributed by atoms with E-state index < -0.39 is 0 Å². The summed E-state index contributed by atoms with van der Waals surface area (Å²) in [7, 11) is 0. The molecule has 0 aliphatic heterocycles. The molecule has 0 unspecified atom stereocenters. The number of rotatable bonds is 6. The van der Waals surface area contributed by atoms with Crippen LogP contribution in [0.15, 0.2) is 64.4 Å². The molecule has 0 radical (unpaired) electrons. The second-order valence-electron chi connectivity index (χ2n) is 4.52. The highest BCUT2D eigenvalue weighted by molar-refractivity contribution is 7.99. The van der Waals surface area contributed by atoms with Gasteiger partial charge in [0.15, 0.2) is 0 Å². The average Bonchev–Trinajstić information content (AvgIpc) is 2.49. The molecule has 0 heterocycles. The fraction of sp³-hybridized carbons (Fsp3) is 0.235. The molecule has 0 aliphatic rings. The van der Waals surface area contributed by atoms with E-state index in [2.05, 4.69) is 24.4 Å². The molecule has 20 heavy (non-hydrogen) atoms. The van der Waals surface area contributed by atoms with Gasteiger partial charge in [-0.2, -0.15) is 0 Å². The third-order valence-electron chi connectivity index (χ3n) is 2.92. The van der Waals surface area contributed by atoms with Gasteiger partial charge in [0.05, 0.1) is 5.56 Å². The van der Waals surface area contributed by atoms with Gasteiger partial charge in [0.25, 0.3) is 5.91 Å². The summed E-state index contributed by atoms with van der Waals surface area (Å²) in [6.45, 7) is 2.85. The summed E-state index contributed by atoms with van der Waals surface area (Å²) in [5.74, 6) is 0.0116. The Morgan fingerprint density at radius 1 is 1.05 bits per heavy atom. The Labute approximate surface area is 124 Å². The minimum absolute atomic E-state index is 0.0116. The van der Waals surface area contributed by atoms with E-state index in [1.807, 2.05) is 42.5 Å². The summed E-state index contributed by atoms with van der Waals surface area (Å²) >= 11 is 1.62. The molecular weight excluding hydrogens is 266 g/mol. The van der Waals surface area contributed by atoms with Crippen LogP contribution in [0.25, 0.3) is 0 Å². The van der Waals surface area contributed by atoms with Gasteiger partial charge < -0.3 is 5.32 Å². The number of nitrogens with one attached hydrogen (secondary N) is 1. The number of benzene rings is 2. The first-order valence-corrected chi connectivity index (χ1v) is 7.73. The van der Waals surface area contributed by atoms with Crippen molar-refractivity contribution in [2.24, 2.45) is 0 Å². The summed E-state index contributed by atoms with van der Waals surface area (Å²) in [6, 6.07) is 17.9. The standard InChI is InChI=1S/C17H19NOS/c1-2-3-13-18-17(19)15-11-7-8-12-16(15)20-14-9-5-4-6-10-14/h4-12H,2-3,13H2,1H3,(H,18,19). The van der Waals surface area contributed by atoms with Crippen molar-refractivity contribution in [1.29, 1.82) is 0 Å². The molecule has 0 aromatic heterocycles. The summed E-state index contributed by atoms with van der Waals surface area (Å²) in [4.78, 5) is 14.3. The number of amides is 1. The largest absolute Gasteiger partial charge is 0.352 e. The van der Waals surface area contributed by atoms with E-state index in [4.69, 9.17) is 0 Å². The molecule has 0 spiro atoms. The van der Waals surface area contributed by atoms with Crippen LogP contribution in [0.4, 0.5) is 0 Å². The van der Waals surface area contributed by atoms with Crippen LogP contribution in [0.2, 0.25) is 0 Å². The van der Waals surface area contributed by atoms with Crippen molar-refractivity contribution in [3.05, 3.63) is 60.2 Å². The Balaban J connectivity index is 2.11. The van der Waals surface area contributed by atoms with E-state index in [-0.39, 0.29) is 5.91 Å². The molecule has 0 atom stereocenters. The smallest absolute Gasteiger partial charge is 0.252 e. The van der Waals surface area contributed by atoms with Gasteiger partial charge in [-0.15, -0.1) is 0 Å². The van der Waals surface area contributed by atoms with Crippen LogP contribution in [0.1, 0.15) is 30.1 Å². The zero-order valence-electron chi connectivity index (χ0n) is 11.6. The third kappa shape index (κ3) is 4.14. The first kappa shape index (κ1) is 14.7. The second-order valence-corrected chi connectivity index (χ2v) is 5.64. The van der Waals surface area contributed by atoms with Crippen LogP contribution in [0.3, 0.4) is 0 Å². The van der Waals surface area contributed by atoms with Gasteiger partial charge in [-0.25, -0.2) is 0 Å². The van der Waals surface area contributed by atoms with Gasteiger partial charge in [0.1, 0.15) is 0 Å². The molecule has 1 amide bonds. The lowest BCUT2D eigenvalue weighted by Crippen LogP contribution is -2.24. The number of hydrogen-bond acceptors (Lipinski definition) is 2. The van der Waals surface area contributed by atoms with Crippen LogP contribution < -0.4 is 5.32 Å². The maximum atomic E-state index is 12.2. The summed E-state index contributed by atoms with van der Waals surface area (Å²) in [6.07, 6.45) is 2.10.